The average Bonchev–Trinajstić information content (AvgIpc) is 3.29. The van der Waals surface area contributed by atoms with E-state index < -0.39 is 17.4 Å². The van der Waals surface area contributed by atoms with Gasteiger partial charge in [-0.2, -0.15) is 0 Å². The summed E-state index contributed by atoms with van der Waals surface area (Å²) in [5.41, 5.74) is -0.0433. The van der Waals surface area contributed by atoms with E-state index in [-0.39, 0.29) is 23.8 Å². The number of methoxy groups -OCH3 is 1. The van der Waals surface area contributed by atoms with E-state index in [1.54, 1.807) is 0 Å². The van der Waals surface area contributed by atoms with Crippen LogP contribution in [0.5, 0.6) is 0 Å². The molecule has 2 amide bonds. The molecule has 180 valence electrons. The molecule has 0 aliphatic carbocycles. The molecule has 4 rings (SSSR count). The van der Waals surface area contributed by atoms with Crippen molar-refractivity contribution >= 4 is 29.5 Å². The van der Waals surface area contributed by atoms with Gasteiger partial charge in [-0.15, -0.1) is 11.8 Å². The zero-order chi connectivity index (χ0) is 23.6. The summed E-state index contributed by atoms with van der Waals surface area (Å²) in [5.74, 6) is -0.851. The number of imide groups is 1. The molecule has 0 spiro atoms. The van der Waals surface area contributed by atoms with Crippen LogP contribution in [0, 0.1) is 11.8 Å². The largest absolute Gasteiger partial charge is 0.468 e. The Bertz CT molecular complexity index is 889. The lowest BCUT2D eigenvalue weighted by atomic mass is 9.75. The van der Waals surface area contributed by atoms with Crippen molar-refractivity contribution in [2.75, 3.05) is 26.0 Å². The van der Waals surface area contributed by atoms with Crippen LogP contribution in [0.25, 0.3) is 0 Å². The van der Waals surface area contributed by atoms with Crippen LogP contribution >= 0.6 is 11.8 Å². The summed E-state index contributed by atoms with van der Waals surface area (Å²) in [6, 6.07) is 8.13. The normalized spacial score (nSPS) is 29.3. The van der Waals surface area contributed by atoms with Gasteiger partial charge in [0.2, 0.25) is 11.8 Å². The lowest BCUT2D eigenvalue weighted by Crippen LogP contribution is -2.59. The molecule has 0 N–H and O–H groups in total. The molecule has 7 heteroatoms. The van der Waals surface area contributed by atoms with Gasteiger partial charge in [0.05, 0.1) is 18.9 Å². The molecule has 0 saturated carbocycles. The fraction of sp³-hybridized carbons (Fsp3) is 0.654. The van der Waals surface area contributed by atoms with Gasteiger partial charge in [0.15, 0.2) is 0 Å². The molecule has 0 aromatic heterocycles. The molecule has 0 unspecified atom stereocenters. The summed E-state index contributed by atoms with van der Waals surface area (Å²) < 4.78 is 5.26. The second-order valence-electron chi connectivity index (χ2n) is 9.41. The average molecular weight is 473 g/mol. The number of rotatable bonds is 9. The second-order valence-corrected chi connectivity index (χ2v) is 10.6. The fourth-order valence-corrected chi connectivity index (χ4v) is 7.12. The first-order valence-electron chi connectivity index (χ1n) is 12.4. The fourth-order valence-electron chi connectivity index (χ4n) is 6.21. The molecule has 6 nitrogen and oxygen atoms in total. The first-order chi connectivity index (χ1) is 16.0. The van der Waals surface area contributed by atoms with Crippen LogP contribution in [-0.2, 0) is 19.1 Å². The summed E-state index contributed by atoms with van der Waals surface area (Å²) in [4.78, 5) is 44.8. The van der Waals surface area contributed by atoms with E-state index in [4.69, 9.17) is 4.74 Å². The van der Waals surface area contributed by atoms with Crippen molar-refractivity contribution in [3.8, 4) is 0 Å². The van der Waals surface area contributed by atoms with Crippen molar-refractivity contribution in [1.82, 2.24) is 9.80 Å². The number of unbranched alkanes of at least 4 members (excludes halogenated alkanes) is 3. The van der Waals surface area contributed by atoms with E-state index in [1.165, 1.54) is 42.6 Å². The Hall–Kier alpha value is -1.86. The van der Waals surface area contributed by atoms with Crippen LogP contribution in [0.3, 0.4) is 0 Å². The highest BCUT2D eigenvalue weighted by Crippen LogP contribution is 2.58. The molecule has 3 aliphatic rings. The molecular weight excluding hydrogens is 436 g/mol. The topological polar surface area (TPSA) is 66.9 Å². The number of carbonyl (C=O) groups is 3. The number of hydrogen-bond acceptors (Lipinski definition) is 6. The smallest absolute Gasteiger partial charge is 0.327 e. The van der Waals surface area contributed by atoms with Crippen molar-refractivity contribution in [2.24, 2.45) is 11.8 Å². The van der Waals surface area contributed by atoms with Crippen molar-refractivity contribution in [3.05, 3.63) is 29.8 Å². The third-order valence-corrected chi connectivity index (χ3v) is 8.79. The van der Waals surface area contributed by atoms with Gasteiger partial charge < -0.3 is 4.74 Å². The number of hydrogen-bond donors (Lipinski definition) is 0. The Morgan fingerprint density at radius 1 is 1.09 bits per heavy atom. The third kappa shape index (κ3) is 4.01. The number of thioether (sulfide) groups is 1. The zero-order valence-electron chi connectivity index (χ0n) is 20.0. The number of piperidine rings is 1. The summed E-state index contributed by atoms with van der Waals surface area (Å²) >= 11 is 1.86. The number of esters is 1. The lowest BCUT2D eigenvalue weighted by molar-refractivity contribution is -0.164. The molecule has 0 bridgehead atoms. The molecule has 4 atom stereocenters. The molecular formula is C26H36N2O4S. The minimum atomic E-state index is -1.05. The highest BCUT2D eigenvalue weighted by molar-refractivity contribution is 7.99. The molecule has 33 heavy (non-hydrogen) atoms. The van der Waals surface area contributed by atoms with Crippen LogP contribution in [0.1, 0.15) is 70.4 Å². The predicted molar refractivity (Wildman–Crippen MR) is 129 cm³/mol. The third-order valence-electron chi connectivity index (χ3n) is 7.70. The molecule has 1 aromatic rings. The number of amides is 2. The van der Waals surface area contributed by atoms with Gasteiger partial charge >= 0.3 is 5.97 Å². The van der Waals surface area contributed by atoms with Crippen molar-refractivity contribution in [2.45, 2.75) is 75.3 Å². The SMILES string of the molecule is CCCCCCSc1ccc([C@@H]2[C@@H]3C(=O)N(CC)C(=O)[C@@H]3[C@]3(C(=O)OC)CCCCN23)cc1. The van der Waals surface area contributed by atoms with Crippen LogP contribution in [0.4, 0.5) is 0 Å². The minimum Gasteiger partial charge on any atom is -0.468 e. The molecule has 3 aliphatic heterocycles. The second kappa shape index (κ2) is 10.2. The monoisotopic (exact) mass is 472 g/mol. The quantitative estimate of drug-likeness (QED) is 0.229. The molecule has 1 aromatic carbocycles. The maximum Gasteiger partial charge on any atom is 0.327 e. The minimum absolute atomic E-state index is 0.149. The number of nitrogens with zero attached hydrogens (tertiary/aromatic N) is 2. The summed E-state index contributed by atoms with van der Waals surface area (Å²) in [6.45, 7) is 5.07. The maximum atomic E-state index is 13.4. The van der Waals surface area contributed by atoms with E-state index in [0.717, 1.165) is 24.2 Å². The summed E-state index contributed by atoms with van der Waals surface area (Å²) in [7, 11) is 1.39. The van der Waals surface area contributed by atoms with Crippen LogP contribution in [0.15, 0.2) is 29.2 Å². The molecule has 3 heterocycles. The van der Waals surface area contributed by atoms with Gasteiger partial charge in [-0.05, 0) is 62.6 Å². The van der Waals surface area contributed by atoms with Gasteiger partial charge in [-0.1, -0.05) is 38.3 Å². The number of fused-ring (bicyclic) bond motifs is 3. The molecule has 3 fully saturated rings. The Morgan fingerprint density at radius 3 is 2.52 bits per heavy atom. The maximum absolute atomic E-state index is 13.4. The molecule has 0 radical (unpaired) electrons. The highest BCUT2D eigenvalue weighted by Gasteiger charge is 2.72. The van der Waals surface area contributed by atoms with E-state index in [0.29, 0.717) is 19.5 Å². The molecule has 3 saturated heterocycles. The first-order valence-corrected chi connectivity index (χ1v) is 13.4. The van der Waals surface area contributed by atoms with Crippen molar-refractivity contribution in [3.63, 3.8) is 0 Å². The van der Waals surface area contributed by atoms with Crippen molar-refractivity contribution in [1.29, 1.82) is 0 Å². The van der Waals surface area contributed by atoms with Crippen LogP contribution in [0.2, 0.25) is 0 Å². The van der Waals surface area contributed by atoms with Gasteiger partial charge in [0.1, 0.15) is 5.54 Å². The van der Waals surface area contributed by atoms with Gasteiger partial charge in [-0.3, -0.25) is 24.2 Å². The van der Waals surface area contributed by atoms with Gasteiger partial charge in [0.25, 0.3) is 0 Å². The predicted octanol–water partition coefficient (Wildman–Crippen LogP) is 4.43. The first kappa shape index (κ1) is 24.3. The standard InChI is InChI=1S/C26H36N2O4S/c1-4-6-7-10-17-33-19-13-11-18(12-14-19)22-20-21(24(30)27(5-2)23(20)29)26(25(31)32-3)15-8-9-16-28(22)26/h11-14,20-22H,4-10,15-17H2,1-3H3/t20-,21-,22-,26+/m1/s1. The van der Waals surface area contributed by atoms with Gasteiger partial charge in [-0.25, -0.2) is 0 Å². The van der Waals surface area contributed by atoms with E-state index in [1.807, 2.05) is 18.7 Å². The highest BCUT2D eigenvalue weighted by atomic mass is 32.2. The van der Waals surface area contributed by atoms with E-state index >= 15 is 0 Å². The number of carbonyl (C=O) groups excluding carboxylic acids is 3. The lowest BCUT2D eigenvalue weighted by Gasteiger charge is -2.44. The Balaban J connectivity index is 1.65. The van der Waals surface area contributed by atoms with E-state index in [9.17, 15) is 14.4 Å². The Labute approximate surface area is 201 Å². The number of likely N-dealkylation sites (tertiary alicyclic amines) is 1. The van der Waals surface area contributed by atoms with Crippen LogP contribution in [-0.4, -0.2) is 59.1 Å². The summed E-state index contributed by atoms with van der Waals surface area (Å²) in [5, 5.41) is 0. The summed E-state index contributed by atoms with van der Waals surface area (Å²) in [6.07, 6.45) is 7.35. The Morgan fingerprint density at radius 2 is 1.85 bits per heavy atom. The zero-order valence-corrected chi connectivity index (χ0v) is 20.9. The Kier molecular flexibility index (Phi) is 7.49. The van der Waals surface area contributed by atoms with Crippen molar-refractivity contribution < 1.29 is 19.1 Å². The number of benzene rings is 1. The number of ether oxygens (including phenoxy) is 1. The van der Waals surface area contributed by atoms with Gasteiger partial charge in [0, 0.05) is 17.5 Å². The van der Waals surface area contributed by atoms with Crippen LogP contribution < -0.4 is 0 Å². The van der Waals surface area contributed by atoms with E-state index in [2.05, 4.69) is 36.1 Å².